The molecular formula is C28H25N7O2. The van der Waals surface area contributed by atoms with E-state index in [1.54, 1.807) is 15.3 Å². The number of aryl methyl sites for hydroxylation is 2. The molecule has 0 unspecified atom stereocenters. The van der Waals surface area contributed by atoms with Crippen LogP contribution in [-0.4, -0.2) is 36.8 Å². The van der Waals surface area contributed by atoms with Gasteiger partial charge in [0.1, 0.15) is 12.1 Å². The molecule has 9 nitrogen and oxygen atoms in total. The van der Waals surface area contributed by atoms with E-state index in [1.165, 1.54) is 6.33 Å². The van der Waals surface area contributed by atoms with Crippen molar-refractivity contribution in [3.05, 3.63) is 93.3 Å². The summed E-state index contributed by atoms with van der Waals surface area (Å²) >= 11 is 0. The predicted octanol–water partition coefficient (Wildman–Crippen LogP) is 3.28. The highest BCUT2D eigenvalue weighted by molar-refractivity contribution is 6.02. The van der Waals surface area contributed by atoms with Gasteiger partial charge in [0.15, 0.2) is 5.65 Å². The second-order valence-corrected chi connectivity index (χ2v) is 9.28. The van der Waals surface area contributed by atoms with Crippen LogP contribution < -0.4 is 16.6 Å². The summed E-state index contributed by atoms with van der Waals surface area (Å²) in [5.74, 6) is 0.170. The lowest BCUT2D eigenvalue weighted by Crippen LogP contribution is -2.25. The summed E-state index contributed by atoms with van der Waals surface area (Å²) in [4.78, 5) is 34.8. The third-order valence-electron chi connectivity index (χ3n) is 6.87. The molecular weight excluding hydrogens is 466 g/mol. The van der Waals surface area contributed by atoms with Gasteiger partial charge in [0.25, 0.3) is 5.56 Å². The number of anilines is 1. The molecule has 0 aliphatic carbocycles. The van der Waals surface area contributed by atoms with Gasteiger partial charge in [-0.25, -0.2) is 14.6 Å². The first-order valence-corrected chi connectivity index (χ1v) is 12.1. The highest BCUT2D eigenvalue weighted by Gasteiger charge is 2.21. The van der Waals surface area contributed by atoms with Crippen molar-refractivity contribution in [2.45, 2.75) is 26.8 Å². The lowest BCUT2D eigenvalue weighted by atomic mass is 10.1. The number of rotatable bonds is 4. The summed E-state index contributed by atoms with van der Waals surface area (Å²) < 4.78 is 3.48. The average molecular weight is 492 g/mol. The number of benzene rings is 2. The smallest absolute Gasteiger partial charge is 0.263 e. The van der Waals surface area contributed by atoms with Crippen molar-refractivity contribution in [3.8, 4) is 5.69 Å². The summed E-state index contributed by atoms with van der Waals surface area (Å²) in [6.45, 7) is 4.79. The second-order valence-electron chi connectivity index (χ2n) is 9.28. The minimum atomic E-state index is -0.114. The lowest BCUT2D eigenvalue weighted by molar-refractivity contribution is -0.116. The summed E-state index contributed by atoms with van der Waals surface area (Å²) in [5.41, 5.74) is 11.3. The normalized spacial score (nSPS) is 14.6. The molecule has 0 spiro atoms. The standard InChI is InChI=1S/C28H25N7O2/c1-16-6-3-4-9-22(16)35-20(12-18-8-5-7-17(2)23(18)28(35)37)14-34-26-24(25(29)31-15-32-26)21(33-34)13-19-10-11-30-27(19)36/h3-9,12-13,15H,10-11,14H2,1-2H3,(H,30,36)(H2,29,31,32). The number of nitrogens with zero attached hydrogens (tertiary/aromatic N) is 5. The number of para-hydroxylation sites is 1. The number of amides is 1. The van der Waals surface area contributed by atoms with Gasteiger partial charge in [0.05, 0.1) is 28.7 Å². The second kappa shape index (κ2) is 8.70. The number of hydrogen-bond donors (Lipinski definition) is 2. The molecule has 37 heavy (non-hydrogen) atoms. The summed E-state index contributed by atoms with van der Waals surface area (Å²) in [6, 6.07) is 15.7. The summed E-state index contributed by atoms with van der Waals surface area (Å²) in [7, 11) is 0. The molecule has 6 rings (SSSR count). The van der Waals surface area contributed by atoms with Crippen LogP contribution in [0.15, 0.2) is 65.2 Å². The molecule has 1 fully saturated rings. The van der Waals surface area contributed by atoms with E-state index in [1.807, 2.05) is 62.4 Å². The van der Waals surface area contributed by atoms with Gasteiger partial charge in [-0.2, -0.15) is 5.10 Å². The minimum Gasteiger partial charge on any atom is -0.383 e. The van der Waals surface area contributed by atoms with Crippen molar-refractivity contribution < 1.29 is 4.79 Å². The van der Waals surface area contributed by atoms with E-state index in [4.69, 9.17) is 10.8 Å². The zero-order valence-electron chi connectivity index (χ0n) is 20.5. The number of nitrogens with two attached hydrogens (primary N) is 1. The molecule has 3 aromatic heterocycles. The van der Waals surface area contributed by atoms with E-state index >= 15 is 0 Å². The molecule has 1 amide bonds. The molecule has 0 atom stereocenters. The number of aromatic nitrogens is 5. The van der Waals surface area contributed by atoms with E-state index in [0.29, 0.717) is 40.7 Å². The molecule has 9 heteroatoms. The average Bonchev–Trinajstić information content (AvgIpc) is 3.44. The monoisotopic (exact) mass is 491 g/mol. The van der Waals surface area contributed by atoms with Crippen LogP contribution in [0.2, 0.25) is 0 Å². The van der Waals surface area contributed by atoms with Gasteiger partial charge >= 0.3 is 0 Å². The number of carbonyl (C=O) groups is 1. The molecule has 1 aliphatic heterocycles. The molecule has 4 heterocycles. The van der Waals surface area contributed by atoms with Crippen LogP contribution in [0.4, 0.5) is 5.82 Å². The topological polar surface area (TPSA) is 121 Å². The Labute approximate surface area is 212 Å². The summed E-state index contributed by atoms with van der Waals surface area (Å²) in [6.07, 6.45) is 3.75. The van der Waals surface area contributed by atoms with Crippen LogP contribution in [0, 0.1) is 13.8 Å². The number of nitrogen functional groups attached to an aromatic ring is 1. The fraction of sp³-hybridized carbons (Fsp3) is 0.179. The van der Waals surface area contributed by atoms with Crippen molar-refractivity contribution in [1.29, 1.82) is 0 Å². The summed E-state index contributed by atoms with van der Waals surface area (Å²) in [5, 5.41) is 9.73. The minimum absolute atomic E-state index is 0.0875. The Balaban J connectivity index is 1.59. The Kier molecular flexibility index (Phi) is 5.33. The van der Waals surface area contributed by atoms with E-state index in [-0.39, 0.29) is 23.8 Å². The molecule has 0 saturated carbocycles. The van der Waals surface area contributed by atoms with Crippen molar-refractivity contribution >= 4 is 39.6 Å². The van der Waals surface area contributed by atoms with Gasteiger partial charge in [0, 0.05) is 17.8 Å². The van der Waals surface area contributed by atoms with Crippen LogP contribution in [0.1, 0.15) is 28.9 Å². The zero-order chi connectivity index (χ0) is 25.7. The number of nitrogens with one attached hydrogen (secondary N) is 1. The third-order valence-corrected chi connectivity index (χ3v) is 6.87. The first kappa shape index (κ1) is 22.7. The van der Waals surface area contributed by atoms with Gasteiger partial charge in [-0.3, -0.25) is 14.2 Å². The van der Waals surface area contributed by atoms with Crippen molar-refractivity contribution in [2.75, 3.05) is 12.3 Å². The van der Waals surface area contributed by atoms with Crippen LogP contribution in [0.25, 0.3) is 33.6 Å². The molecule has 0 radical (unpaired) electrons. The van der Waals surface area contributed by atoms with E-state index in [2.05, 4.69) is 15.3 Å². The highest BCUT2D eigenvalue weighted by Crippen LogP contribution is 2.27. The SMILES string of the molecule is Cc1ccccc1-n1c(Cn2nc(C=C3CCNC3=O)c3c(N)ncnc32)cc2cccc(C)c2c1=O. The van der Waals surface area contributed by atoms with Gasteiger partial charge in [-0.1, -0.05) is 36.4 Å². The van der Waals surface area contributed by atoms with Gasteiger partial charge in [-0.05, 0) is 55.0 Å². The van der Waals surface area contributed by atoms with Gasteiger partial charge < -0.3 is 11.1 Å². The third kappa shape index (κ3) is 3.76. The number of carbonyl (C=O) groups excluding carboxylic acids is 1. The zero-order valence-corrected chi connectivity index (χ0v) is 20.5. The van der Waals surface area contributed by atoms with E-state index < -0.39 is 0 Å². The molecule has 1 saturated heterocycles. The lowest BCUT2D eigenvalue weighted by Gasteiger charge is -2.17. The largest absolute Gasteiger partial charge is 0.383 e. The van der Waals surface area contributed by atoms with Crippen LogP contribution in [0.3, 0.4) is 0 Å². The molecule has 3 N–H and O–H groups in total. The highest BCUT2D eigenvalue weighted by atomic mass is 16.2. The van der Waals surface area contributed by atoms with Crippen molar-refractivity contribution in [2.24, 2.45) is 0 Å². The first-order chi connectivity index (χ1) is 17.9. The maximum atomic E-state index is 13.9. The Hall–Kier alpha value is -4.79. The Bertz CT molecular complexity index is 1810. The fourth-order valence-electron chi connectivity index (χ4n) is 5.05. The maximum absolute atomic E-state index is 13.9. The molecule has 2 aromatic carbocycles. The number of hydrogen-bond acceptors (Lipinski definition) is 6. The molecule has 1 aliphatic rings. The van der Waals surface area contributed by atoms with E-state index in [0.717, 1.165) is 27.9 Å². The number of fused-ring (bicyclic) bond motifs is 2. The van der Waals surface area contributed by atoms with Crippen LogP contribution in [-0.2, 0) is 11.3 Å². The molecule has 0 bridgehead atoms. The molecule has 5 aromatic rings. The van der Waals surface area contributed by atoms with Crippen LogP contribution in [0.5, 0.6) is 0 Å². The van der Waals surface area contributed by atoms with Gasteiger partial charge in [-0.15, -0.1) is 0 Å². The Morgan fingerprint density at radius 1 is 1.03 bits per heavy atom. The Morgan fingerprint density at radius 3 is 2.62 bits per heavy atom. The Morgan fingerprint density at radius 2 is 1.84 bits per heavy atom. The van der Waals surface area contributed by atoms with Crippen molar-refractivity contribution in [3.63, 3.8) is 0 Å². The van der Waals surface area contributed by atoms with Crippen LogP contribution >= 0.6 is 0 Å². The van der Waals surface area contributed by atoms with E-state index in [9.17, 15) is 9.59 Å². The quantitative estimate of drug-likeness (QED) is 0.372. The first-order valence-electron chi connectivity index (χ1n) is 12.1. The fourth-order valence-corrected chi connectivity index (χ4v) is 5.05. The van der Waals surface area contributed by atoms with Crippen molar-refractivity contribution in [1.82, 2.24) is 29.6 Å². The molecule has 184 valence electrons. The number of pyridine rings is 1. The maximum Gasteiger partial charge on any atom is 0.263 e. The van der Waals surface area contributed by atoms with Gasteiger partial charge in [0.2, 0.25) is 5.91 Å². The predicted molar refractivity (Wildman–Crippen MR) is 143 cm³/mol.